The van der Waals surface area contributed by atoms with E-state index in [0.717, 1.165) is 5.56 Å². The van der Waals surface area contributed by atoms with Crippen LogP contribution in [0.1, 0.15) is 28.9 Å². The van der Waals surface area contributed by atoms with Gasteiger partial charge in [0.15, 0.2) is 0 Å². The molecule has 1 unspecified atom stereocenters. The average molecular weight is 440 g/mol. The molecule has 0 aliphatic heterocycles. The molecule has 0 aliphatic rings. The van der Waals surface area contributed by atoms with E-state index in [0.29, 0.717) is 17.1 Å². The number of thiol groups is 1. The minimum Gasteiger partial charge on any atom is -0.497 e. The van der Waals surface area contributed by atoms with Crippen LogP contribution in [0.25, 0.3) is 0 Å². The van der Waals surface area contributed by atoms with Gasteiger partial charge in [0, 0.05) is 5.69 Å². The largest absolute Gasteiger partial charge is 0.497 e. The van der Waals surface area contributed by atoms with Crippen molar-refractivity contribution in [3.8, 4) is 5.75 Å². The second-order valence-corrected chi connectivity index (χ2v) is 7.14. The molecule has 6 nitrogen and oxygen atoms in total. The van der Waals surface area contributed by atoms with E-state index in [4.69, 9.17) is 4.74 Å². The zero-order valence-corrected chi connectivity index (χ0v) is 17.9. The number of carbonyl (C=O) groups is 2. The average Bonchev–Trinajstić information content (AvgIpc) is 2.79. The Morgan fingerprint density at radius 3 is 2.42 bits per heavy atom. The summed E-state index contributed by atoms with van der Waals surface area (Å²) in [6.45, 7) is 1.86. The SMILES string of the molecule is COc1cccc(C(C)NC(=O)N(S)c2ccc(NC(=O)c3ccccc3F)cc2)c1. The Hall–Kier alpha value is -3.52. The van der Waals surface area contributed by atoms with E-state index in [1.807, 2.05) is 31.2 Å². The van der Waals surface area contributed by atoms with Gasteiger partial charge in [0.25, 0.3) is 5.91 Å². The predicted octanol–water partition coefficient (Wildman–Crippen LogP) is 5.21. The third-order valence-electron chi connectivity index (χ3n) is 4.61. The van der Waals surface area contributed by atoms with Gasteiger partial charge in [-0.15, -0.1) is 0 Å². The van der Waals surface area contributed by atoms with Gasteiger partial charge >= 0.3 is 6.03 Å². The normalized spacial score (nSPS) is 11.4. The van der Waals surface area contributed by atoms with Crippen LogP contribution in [0.3, 0.4) is 0 Å². The number of amides is 3. The van der Waals surface area contributed by atoms with Crippen molar-refractivity contribution in [3.05, 3.63) is 89.7 Å². The molecule has 0 saturated heterocycles. The van der Waals surface area contributed by atoms with Crippen molar-refractivity contribution in [2.75, 3.05) is 16.7 Å². The molecule has 0 aromatic heterocycles. The molecule has 3 aromatic carbocycles. The molecule has 0 radical (unpaired) electrons. The smallest absolute Gasteiger partial charge is 0.332 e. The summed E-state index contributed by atoms with van der Waals surface area (Å²) in [5.74, 6) is -0.451. The number of nitrogens with one attached hydrogen (secondary N) is 2. The van der Waals surface area contributed by atoms with Crippen LogP contribution < -0.4 is 19.7 Å². The molecule has 1 atom stereocenters. The second kappa shape index (κ2) is 9.99. The van der Waals surface area contributed by atoms with Gasteiger partial charge in [-0.1, -0.05) is 37.1 Å². The summed E-state index contributed by atoms with van der Waals surface area (Å²) in [7, 11) is 1.58. The van der Waals surface area contributed by atoms with E-state index in [2.05, 4.69) is 23.4 Å². The minimum absolute atomic E-state index is 0.0479. The highest BCUT2D eigenvalue weighted by molar-refractivity contribution is 7.82. The maximum absolute atomic E-state index is 13.7. The number of halogens is 1. The highest BCUT2D eigenvalue weighted by atomic mass is 32.1. The van der Waals surface area contributed by atoms with Crippen LogP contribution in [-0.4, -0.2) is 19.0 Å². The number of anilines is 2. The molecule has 0 fully saturated rings. The fraction of sp³-hybridized carbons (Fsp3) is 0.130. The summed E-state index contributed by atoms with van der Waals surface area (Å²) in [6, 6.07) is 18.9. The Bertz CT molecular complexity index is 1080. The second-order valence-electron chi connectivity index (χ2n) is 6.74. The Balaban J connectivity index is 1.62. The lowest BCUT2D eigenvalue weighted by Crippen LogP contribution is -2.35. The standard InChI is InChI=1S/C23H22FN3O3S/c1-15(16-6-5-7-19(14-16)30-2)25-23(29)27(31)18-12-10-17(11-13-18)26-22(28)20-8-3-4-9-21(20)24/h3-15,31H,1-2H3,(H,25,29)(H,26,28). The molecule has 0 aliphatic carbocycles. The topological polar surface area (TPSA) is 70.7 Å². The monoisotopic (exact) mass is 439 g/mol. The number of hydrogen-bond acceptors (Lipinski definition) is 4. The lowest BCUT2D eigenvalue weighted by Gasteiger charge is -2.21. The van der Waals surface area contributed by atoms with Crippen molar-refractivity contribution in [1.29, 1.82) is 0 Å². The van der Waals surface area contributed by atoms with E-state index in [1.54, 1.807) is 37.4 Å². The molecule has 3 aromatic rings. The van der Waals surface area contributed by atoms with Crippen LogP contribution in [0.4, 0.5) is 20.6 Å². The van der Waals surface area contributed by atoms with Gasteiger partial charge < -0.3 is 15.4 Å². The molecule has 2 N–H and O–H groups in total. The Morgan fingerprint density at radius 1 is 1.03 bits per heavy atom. The van der Waals surface area contributed by atoms with Gasteiger partial charge in [-0.3, -0.25) is 4.79 Å². The van der Waals surface area contributed by atoms with Crippen LogP contribution in [-0.2, 0) is 0 Å². The van der Waals surface area contributed by atoms with Gasteiger partial charge in [0.1, 0.15) is 11.6 Å². The highest BCUT2D eigenvalue weighted by Crippen LogP contribution is 2.23. The number of carbonyl (C=O) groups excluding carboxylic acids is 2. The first kappa shape index (κ1) is 22.2. The first-order chi connectivity index (χ1) is 14.9. The third-order valence-corrected chi connectivity index (χ3v) is 5.03. The molecule has 3 amide bonds. The lowest BCUT2D eigenvalue weighted by atomic mass is 10.1. The highest BCUT2D eigenvalue weighted by Gasteiger charge is 2.17. The van der Waals surface area contributed by atoms with E-state index >= 15 is 0 Å². The predicted molar refractivity (Wildman–Crippen MR) is 122 cm³/mol. The molecule has 31 heavy (non-hydrogen) atoms. The molecule has 0 saturated carbocycles. The number of rotatable bonds is 6. The van der Waals surface area contributed by atoms with Crippen LogP contribution in [0.2, 0.25) is 0 Å². The van der Waals surface area contributed by atoms with E-state index in [9.17, 15) is 14.0 Å². The first-order valence-electron chi connectivity index (χ1n) is 9.48. The van der Waals surface area contributed by atoms with Crippen molar-refractivity contribution in [2.24, 2.45) is 0 Å². The summed E-state index contributed by atoms with van der Waals surface area (Å²) in [6.07, 6.45) is 0. The number of methoxy groups -OCH3 is 1. The van der Waals surface area contributed by atoms with Crippen molar-refractivity contribution in [3.63, 3.8) is 0 Å². The Labute approximate surface area is 185 Å². The summed E-state index contributed by atoms with van der Waals surface area (Å²) in [5.41, 5.74) is 1.81. The van der Waals surface area contributed by atoms with Gasteiger partial charge in [0.05, 0.1) is 24.4 Å². The van der Waals surface area contributed by atoms with E-state index < -0.39 is 17.8 Å². The number of hydrogen-bond donors (Lipinski definition) is 3. The summed E-state index contributed by atoms with van der Waals surface area (Å²) >= 11 is 4.27. The van der Waals surface area contributed by atoms with Crippen molar-refractivity contribution >= 4 is 36.1 Å². The summed E-state index contributed by atoms with van der Waals surface area (Å²) < 4.78 is 20.1. The van der Waals surface area contributed by atoms with Crippen molar-refractivity contribution in [2.45, 2.75) is 13.0 Å². The number of ether oxygens (including phenoxy) is 1. The number of urea groups is 1. The Morgan fingerprint density at radius 2 is 1.74 bits per heavy atom. The quantitative estimate of drug-likeness (QED) is 0.462. The van der Waals surface area contributed by atoms with Crippen molar-refractivity contribution < 1.29 is 18.7 Å². The van der Waals surface area contributed by atoms with Gasteiger partial charge in [0.2, 0.25) is 0 Å². The summed E-state index contributed by atoms with van der Waals surface area (Å²) in [4.78, 5) is 24.8. The number of benzene rings is 3. The third kappa shape index (κ3) is 5.55. The molecule has 8 heteroatoms. The molecular weight excluding hydrogens is 417 g/mol. The van der Waals surface area contributed by atoms with E-state index in [-0.39, 0.29) is 11.6 Å². The Kier molecular flexibility index (Phi) is 7.15. The fourth-order valence-corrected chi connectivity index (χ4v) is 3.08. The molecule has 0 heterocycles. The van der Waals surface area contributed by atoms with Crippen LogP contribution >= 0.6 is 12.8 Å². The molecule has 0 spiro atoms. The maximum atomic E-state index is 13.7. The van der Waals surface area contributed by atoms with Crippen LogP contribution in [0.5, 0.6) is 5.75 Å². The van der Waals surface area contributed by atoms with Crippen LogP contribution in [0, 0.1) is 5.82 Å². The fourth-order valence-electron chi connectivity index (χ4n) is 2.89. The number of nitrogens with zero attached hydrogens (tertiary/aromatic N) is 1. The first-order valence-corrected chi connectivity index (χ1v) is 9.88. The molecule has 3 rings (SSSR count). The summed E-state index contributed by atoms with van der Waals surface area (Å²) in [5, 5.41) is 5.49. The van der Waals surface area contributed by atoms with Crippen LogP contribution in [0.15, 0.2) is 72.8 Å². The molecule has 160 valence electrons. The van der Waals surface area contributed by atoms with Gasteiger partial charge in [-0.2, -0.15) is 0 Å². The zero-order chi connectivity index (χ0) is 22.4. The zero-order valence-electron chi connectivity index (χ0n) is 17.0. The molecule has 0 bridgehead atoms. The van der Waals surface area contributed by atoms with Crippen molar-refractivity contribution in [1.82, 2.24) is 5.32 Å². The minimum atomic E-state index is -0.597. The van der Waals surface area contributed by atoms with E-state index in [1.165, 1.54) is 22.5 Å². The molecular formula is C23H22FN3O3S. The van der Waals surface area contributed by atoms with Gasteiger partial charge in [-0.25, -0.2) is 13.5 Å². The maximum Gasteiger partial charge on any atom is 0.332 e. The lowest BCUT2D eigenvalue weighted by molar-refractivity contribution is 0.102. The van der Waals surface area contributed by atoms with Gasteiger partial charge in [-0.05, 0) is 61.0 Å².